The first kappa shape index (κ1) is 18.2. The van der Waals surface area contributed by atoms with Gasteiger partial charge in [-0.15, -0.1) is 0 Å². The Hall–Kier alpha value is -3.22. The number of carbonyl (C=O) groups excluding carboxylic acids is 1. The highest BCUT2D eigenvalue weighted by Gasteiger charge is 2.28. The van der Waals surface area contributed by atoms with Gasteiger partial charge >= 0.3 is 0 Å². The molecule has 0 radical (unpaired) electrons. The summed E-state index contributed by atoms with van der Waals surface area (Å²) in [6.45, 7) is 3.08. The van der Waals surface area contributed by atoms with Crippen molar-refractivity contribution in [2.24, 2.45) is 7.05 Å². The Labute approximate surface area is 164 Å². The average Bonchev–Trinajstić information content (AvgIpc) is 3.10. The zero-order chi connectivity index (χ0) is 19.5. The summed E-state index contributed by atoms with van der Waals surface area (Å²) in [5.74, 6) is 1.20. The third-order valence-electron chi connectivity index (χ3n) is 4.87. The van der Waals surface area contributed by atoms with Gasteiger partial charge in [0.15, 0.2) is 0 Å². The van der Waals surface area contributed by atoms with Gasteiger partial charge in [-0.25, -0.2) is 4.98 Å². The minimum atomic E-state index is -0.0752. The van der Waals surface area contributed by atoms with Crippen LogP contribution in [-0.2, 0) is 7.05 Å². The largest absolute Gasteiger partial charge is 0.472 e. The van der Waals surface area contributed by atoms with Gasteiger partial charge in [-0.3, -0.25) is 9.48 Å². The van der Waals surface area contributed by atoms with Gasteiger partial charge < -0.3 is 9.64 Å². The van der Waals surface area contributed by atoms with Gasteiger partial charge in [-0.05, 0) is 25.8 Å². The lowest BCUT2D eigenvalue weighted by molar-refractivity contribution is 0.0517. The molecule has 144 valence electrons. The summed E-state index contributed by atoms with van der Waals surface area (Å²) in [5, 5.41) is 4.51. The van der Waals surface area contributed by atoms with Crippen molar-refractivity contribution < 1.29 is 9.53 Å². The summed E-state index contributed by atoms with van der Waals surface area (Å²) in [5.41, 5.74) is 2.38. The summed E-state index contributed by atoms with van der Waals surface area (Å²) >= 11 is 0. The van der Waals surface area contributed by atoms with Crippen LogP contribution in [0.1, 0.15) is 29.2 Å². The summed E-state index contributed by atoms with van der Waals surface area (Å²) in [6.07, 6.45) is 3.40. The number of nitrogens with zero attached hydrogens (tertiary/aromatic N) is 5. The van der Waals surface area contributed by atoms with Crippen LogP contribution in [0.25, 0.3) is 11.3 Å². The predicted octanol–water partition coefficient (Wildman–Crippen LogP) is 2.87. The summed E-state index contributed by atoms with van der Waals surface area (Å²) < 4.78 is 7.65. The second kappa shape index (κ2) is 7.80. The third kappa shape index (κ3) is 3.88. The van der Waals surface area contributed by atoms with Crippen molar-refractivity contribution in [3.63, 3.8) is 0 Å². The standard InChI is InChI=1S/C21H23N5O2/c1-15-22-11-10-20(23-15)28-17-9-6-12-26(14-17)21(27)19-13-18(24-25(19)2)16-7-4-3-5-8-16/h3-5,7-8,10-11,13,17H,6,9,12,14H2,1-2H3. The fourth-order valence-corrected chi connectivity index (χ4v) is 3.47. The normalized spacial score (nSPS) is 16.8. The molecule has 1 aliphatic heterocycles. The van der Waals surface area contributed by atoms with E-state index in [9.17, 15) is 4.79 Å². The molecule has 1 saturated heterocycles. The minimum Gasteiger partial charge on any atom is -0.472 e. The molecule has 7 nitrogen and oxygen atoms in total. The van der Waals surface area contributed by atoms with E-state index >= 15 is 0 Å². The quantitative estimate of drug-likeness (QED) is 0.699. The summed E-state index contributed by atoms with van der Waals surface area (Å²) in [6, 6.07) is 13.5. The number of rotatable bonds is 4. The van der Waals surface area contributed by atoms with Crippen LogP contribution < -0.4 is 4.74 Å². The van der Waals surface area contributed by atoms with Crippen molar-refractivity contribution in [2.45, 2.75) is 25.9 Å². The molecule has 0 N–H and O–H groups in total. The second-order valence-electron chi connectivity index (χ2n) is 6.98. The van der Waals surface area contributed by atoms with Crippen LogP contribution in [0.3, 0.4) is 0 Å². The number of likely N-dealkylation sites (tertiary alicyclic amines) is 1. The molecule has 2 aromatic heterocycles. The predicted molar refractivity (Wildman–Crippen MR) is 105 cm³/mol. The van der Waals surface area contributed by atoms with E-state index in [-0.39, 0.29) is 12.0 Å². The molecule has 3 heterocycles. The highest BCUT2D eigenvalue weighted by molar-refractivity contribution is 5.93. The molecule has 4 rings (SSSR count). The molecule has 28 heavy (non-hydrogen) atoms. The van der Waals surface area contributed by atoms with Crippen LogP contribution in [0.15, 0.2) is 48.7 Å². The van der Waals surface area contributed by atoms with Gasteiger partial charge in [-0.2, -0.15) is 10.1 Å². The SMILES string of the molecule is Cc1nccc(OC2CCCN(C(=O)c3cc(-c4ccccc4)nn3C)C2)n1. The van der Waals surface area contributed by atoms with Crippen molar-refractivity contribution in [1.29, 1.82) is 0 Å². The Morgan fingerprint density at radius 1 is 1.21 bits per heavy atom. The van der Waals surface area contributed by atoms with Gasteiger partial charge in [0.1, 0.15) is 17.6 Å². The van der Waals surface area contributed by atoms with Gasteiger partial charge in [0.25, 0.3) is 5.91 Å². The number of amides is 1. The maximum absolute atomic E-state index is 13.1. The van der Waals surface area contributed by atoms with Crippen LogP contribution >= 0.6 is 0 Å². The molecule has 7 heteroatoms. The Morgan fingerprint density at radius 3 is 2.82 bits per heavy atom. The van der Waals surface area contributed by atoms with E-state index in [2.05, 4.69) is 15.1 Å². The van der Waals surface area contributed by atoms with Crippen LogP contribution in [0.2, 0.25) is 0 Å². The lowest BCUT2D eigenvalue weighted by atomic mass is 10.1. The molecule has 0 bridgehead atoms. The lowest BCUT2D eigenvalue weighted by Crippen LogP contribution is -2.45. The first-order chi connectivity index (χ1) is 13.6. The van der Waals surface area contributed by atoms with Crippen LogP contribution in [-0.4, -0.2) is 49.7 Å². The van der Waals surface area contributed by atoms with E-state index < -0.39 is 0 Å². The average molecular weight is 377 g/mol. The topological polar surface area (TPSA) is 73.1 Å². The highest BCUT2D eigenvalue weighted by atomic mass is 16.5. The van der Waals surface area contributed by atoms with Crippen molar-refractivity contribution >= 4 is 5.91 Å². The number of piperidine rings is 1. The van der Waals surface area contributed by atoms with Crippen LogP contribution in [0, 0.1) is 6.92 Å². The maximum atomic E-state index is 13.1. The van der Waals surface area contributed by atoms with Crippen molar-refractivity contribution in [2.75, 3.05) is 13.1 Å². The van der Waals surface area contributed by atoms with E-state index in [0.717, 1.165) is 24.1 Å². The van der Waals surface area contributed by atoms with Crippen molar-refractivity contribution in [1.82, 2.24) is 24.6 Å². The number of aromatic nitrogens is 4. The Kier molecular flexibility index (Phi) is 5.06. The number of carbonyl (C=O) groups is 1. The molecule has 0 saturated carbocycles. The van der Waals surface area contributed by atoms with E-state index in [0.29, 0.717) is 30.5 Å². The number of benzene rings is 1. The van der Waals surface area contributed by atoms with Gasteiger partial charge in [0.2, 0.25) is 5.88 Å². The van der Waals surface area contributed by atoms with Crippen LogP contribution in [0.4, 0.5) is 0 Å². The Bertz CT molecular complexity index is 970. The number of aryl methyl sites for hydroxylation is 2. The molecular formula is C21H23N5O2. The van der Waals surface area contributed by atoms with E-state index in [1.165, 1.54) is 0 Å². The van der Waals surface area contributed by atoms with E-state index in [1.807, 2.05) is 48.2 Å². The fourth-order valence-electron chi connectivity index (χ4n) is 3.47. The van der Waals surface area contributed by atoms with Gasteiger partial charge in [0, 0.05) is 31.4 Å². The zero-order valence-electron chi connectivity index (χ0n) is 16.1. The molecule has 3 aromatic rings. The van der Waals surface area contributed by atoms with Crippen molar-refractivity contribution in [3.8, 4) is 17.1 Å². The molecule has 1 aliphatic rings. The molecule has 1 aromatic carbocycles. The zero-order valence-corrected chi connectivity index (χ0v) is 16.1. The monoisotopic (exact) mass is 377 g/mol. The lowest BCUT2D eigenvalue weighted by Gasteiger charge is -2.32. The molecule has 1 unspecified atom stereocenters. The number of ether oxygens (including phenoxy) is 1. The molecule has 1 atom stereocenters. The molecule has 0 aliphatic carbocycles. The second-order valence-corrected chi connectivity index (χ2v) is 6.98. The smallest absolute Gasteiger partial charge is 0.272 e. The maximum Gasteiger partial charge on any atom is 0.272 e. The first-order valence-corrected chi connectivity index (χ1v) is 9.45. The molecule has 1 fully saturated rings. The minimum absolute atomic E-state index is 0.0238. The van der Waals surface area contributed by atoms with Gasteiger partial charge in [0.05, 0.1) is 12.2 Å². The highest BCUT2D eigenvalue weighted by Crippen LogP contribution is 2.22. The Balaban J connectivity index is 1.48. The first-order valence-electron chi connectivity index (χ1n) is 9.45. The fraction of sp³-hybridized carbons (Fsp3) is 0.333. The van der Waals surface area contributed by atoms with Gasteiger partial charge in [-0.1, -0.05) is 30.3 Å². The molecule has 0 spiro atoms. The molecule has 1 amide bonds. The molecular weight excluding hydrogens is 354 g/mol. The number of hydrogen-bond acceptors (Lipinski definition) is 5. The van der Waals surface area contributed by atoms with Crippen molar-refractivity contribution in [3.05, 3.63) is 60.2 Å². The van der Waals surface area contributed by atoms with E-state index in [4.69, 9.17) is 4.74 Å². The van der Waals surface area contributed by atoms with E-state index in [1.54, 1.807) is 24.0 Å². The third-order valence-corrected chi connectivity index (χ3v) is 4.87. The summed E-state index contributed by atoms with van der Waals surface area (Å²) in [7, 11) is 1.81. The summed E-state index contributed by atoms with van der Waals surface area (Å²) in [4.78, 5) is 23.3. The van der Waals surface area contributed by atoms with Crippen LogP contribution in [0.5, 0.6) is 5.88 Å². The number of hydrogen-bond donors (Lipinski definition) is 0. The Morgan fingerprint density at radius 2 is 2.04 bits per heavy atom.